The first kappa shape index (κ1) is 14.1. The predicted octanol–water partition coefficient (Wildman–Crippen LogP) is 2.28. The first-order chi connectivity index (χ1) is 9.52. The van der Waals surface area contributed by atoms with E-state index in [2.05, 4.69) is 10.3 Å². The largest absolute Gasteiger partial charge is 0.323 e. The first-order valence-electron chi connectivity index (χ1n) is 6.46. The minimum Gasteiger partial charge on any atom is -0.323 e. The van der Waals surface area contributed by atoms with Gasteiger partial charge in [0.15, 0.2) is 0 Å². The molecule has 1 atom stereocenters. The fourth-order valence-corrected chi connectivity index (χ4v) is 1.97. The van der Waals surface area contributed by atoms with Gasteiger partial charge in [0.1, 0.15) is 0 Å². The molecule has 1 unspecified atom stereocenters. The zero-order valence-electron chi connectivity index (χ0n) is 11.5. The van der Waals surface area contributed by atoms with Gasteiger partial charge in [-0.3, -0.25) is 10.1 Å². The third kappa shape index (κ3) is 2.83. The van der Waals surface area contributed by atoms with Gasteiger partial charge >= 0.3 is 0 Å². The summed E-state index contributed by atoms with van der Waals surface area (Å²) in [4.78, 5) is 10.5. The lowest BCUT2D eigenvalue weighted by Crippen LogP contribution is -2.10. The standard InChI is InChI=1S/C13H17N5O2/c1-3-4-11(14)12-8-17(16-15-12)10-6-5-9(2)13(7-10)18(19)20/h5-8,11H,3-4,14H2,1-2H3. The van der Waals surface area contributed by atoms with Crippen LogP contribution >= 0.6 is 0 Å². The van der Waals surface area contributed by atoms with Gasteiger partial charge in [0.25, 0.3) is 5.69 Å². The van der Waals surface area contributed by atoms with Crippen molar-refractivity contribution in [3.05, 3.63) is 45.8 Å². The van der Waals surface area contributed by atoms with Crippen LogP contribution < -0.4 is 5.73 Å². The zero-order valence-corrected chi connectivity index (χ0v) is 11.5. The van der Waals surface area contributed by atoms with E-state index in [1.165, 1.54) is 10.7 Å². The molecule has 0 amide bonds. The van der Waals surface area contributed by atoms with E-state index in [1.807, 2.05) is 6.92 Å². The molecular formula is C13H17N5O2. The lowest BCUT2D eigenvalue weighted by Gasteiger charge is -2.05. The quantitative estimate of drug-likeness (QED) is 0.666. The summed E-state index contributed by atoms with van der Waals surface area (Å²) in [5.74, 6) is 0. The Morgan fingerprint density at radius 2 is 2.25 bits per heavy atom. The summed E-state index contributed by atoms with van der Waals surface area (Å²) < 4.78 is 1.51. The maximum Gasteiger partial charge on any atom is 0.274 e. The SMILES string of the molecule is CCCC(N)c1cn(-c2ccc(C)c([N+](=O)[O-])c2)nn1. The number of rotatable bonds is 5. The fraction of sp³-hybridized carbons (Fsp3) is 0.385. The number of nitrogens with two attached hydrogens (primary N) is 1. The Balaban J connectivity index is 2.33. The van der Waals surface area contributed by atoms with Gasteiger partial charge < -0.3 is 5.73 Å². The fourth-order valence-electron chi connectivity index (χ4n) is 1.97. The highest BCUT2D eigenvalue weighted by Crippen LogP contribution is 2.22. The van der Waals surface area contributed by atoms with Crippen LogP contribution in [0.1, 0.15) is 37.1 Å². The number of benzene rings is 1. The third-order valence-electron chi connectivity index (χ3n) is 3.14. The van der Waals surface area contributed by atoms with Crippen LogP contribution in [0, 0.1) is 17.0 Å². The summed E-state index contributed by atoms with van der Waals surface area (Å²) >= 11 is 0. The summed E-state index contributed by atoms with van der Waals surface area (Å²) in [6.45, 7) is 3.75. The number of nitro benzene ring substituents is 1. The van der Waals surface area contributed by atoms with Crippen molar-refractivity contribution in [1.82, 2.24) is 15.0 Å². The van der Waals surface area contributed by atoms with E-state index in [1.54, 1.807) is 25.3 Å². The van der Waals surface area contributed by atoms with Gasteiger partial charge in [-0.2, -0.15) is 0 Å². The molecule has 0 aliphatic carbocycles. The maximum absolute atomic E-state index is 10.9. The molecule has 2 N–H and O–H groups in total. The van der Waals surface area contributed by atoms with E-state index in [-0.39, 0.29) is 11.7 Å². The minimum absolute atomic E-state index is 0.0670. The average Bonchev–Trinajstić information content (AvgIpc) is 2.89. The van der Waals surface area contributed by atoms with Crippen molar-refractivity contribution in [3.63, 3.8) is 0 Å². The summed E-state index contributed by atoms with van der Waals surface area (Å²) in [5.41, 5.74) is 7.95. The Hall–Kier alpha value is -2.28. The molecule has 106 valence electrons. The van der Waals surface area contributed by atoms with Crippen molar-refractivity contribution in [2.24, 2.45) is 5.73 Å². The maximum atomic E-state index is 10.9. The Morgan fingerprint density at radius 1 is 1.50 bits per heavy atom. The van der Waals surface area contributed by atoms with E-state index in [0.29, 0.717) is 16.9 Å². The second-order valence-electron chi connectivity index (χ2n) is 4.71. The van der Waals surface area contributed by atoms with E-state index in [9.17, 15) is 10.1 Å². The molecule has 2 aromatic rings. The van der Waals surface area contributed by atoms with Crippen molar-refractivity contribution in [1.29, 1.82) is 0 Å². The molecule has 0 saturated heterocycles. The van der Waals surface area contributed by atoms with Crippen LogP contribution in [0.3, 0.4) is 0 Å². The van der Waals surface area contributed by atoms with E-state index >= 15 is 0 Å². The van der Waals surface area contributed by atoms with Crippen LogP contribution in [0.15, 0.2) is 24.4 Å². The van der Waals surface area contributed by atoms with Crippen molar-refractivity contribution in [2.75, 3.05) is 0 Å². The lowest BCUT2D eigenvalue weighted by molar-refractivity contribution is -0.385. The zero-order chi connectivity index (χ0) is 14.7. The van der Waals surface area contributed by atoms with Crippen LogP contribution in [0.5, 0.6) is 0 Å². The predicted molar refractivity (Wildman–Crippen MR) is 74.6 cm³/mol. The van der Waals surface area contributed by atoms with E-state index in [4.69, 9.17) is 5.73 Å². The molecule has 0 aliphatic heterocycles. The van der Waals surface area contributed by atoms with Gasteiger partial charge in [-0.25, -0.2) is 4.68 Å². The molecular weight excluding hydrogens is 258 g/mol. The minimum atomic E-state index is -0.403. The van der Waals surface area contributed by atoms with Crippen LogP contribution in [-0.2, 0) is 0 Å². The van der Waals surface area contributed by atoms with Gasteiger partial charge in [-0.1, -0.05) is 24.6 Å². The van der Waals surface area contributed by atoms with Crippen molar-refractivity contribution in [3.8, 4) is 5.69 Å². The van der Waals surface area contributed by atoms with E-state index < -0.39 is 4.92 Å². The Morgan fingerprint density at radius 3 is 2.90 bits per heavy atom. The molecule has 0 saturated carbocycles. The van der Waals surface area contributed by atoms with E-state index in [0.717, 1.165) is 12.8 Å². The number of nitro groups is 1. The van der Waals surface area contributed by atoms with Crippen LogP contribution in [-0.4, -0.2) is 19.9 Å². The number of hydrogen-bond donors (Lipinski definition) is 1. The molecule has 7 nitrogen and oxygen atoms in total. The Labute approximate surface area is 116 Å². The first-order valence-corrected chi connectivity index (χ1v) is 6.46. The molecule has 0 radical (unpaired) electrons. The highest BCUT2D eigenvalue weighted by molar-refractivity contribution is 5.48. The molecule has 1 heterocycles. The second-order valence-corrected chi connectivity index (χ2v) is 4.71. The summed E-state index contributed by atoms with van der Waals surface area (Å²) in [7, 11) is 0. The summed E-state index contributed by atoms with van der Waals surface area (Å²) in [6.07, 6.45) is 3.51. The Bertz CT molecular complexity index is 623. The third-order valence-corrected chi connectivity index (χ3v) is 3.14. The molecule has 0 aliphatic rings. The summed E-state index contributed by atoms with van der Waals surface area (Å²) in [5, 5.41) is 19.0. The average molecular weight is 275 g/mol. The van der Waals surface area contributed by atoms with Gasteiger partial charge in [0.2, 0.25) is 0 Å². The van der Waals surface area contributed by atoms with Crippen molar-refractivity contribution >= 4 is 5.69 Å². The number of nitrogens with zero attached hydrogens (tertiary/aromatic N) is 4. The molecule has 7 heteroatoms. The molecule has 1 aromatic heterocycles. The molecule has 0 fully saturated rings. The number of aryl methyl sites for hydroxylation is 1. The van der Waals surface area contributed by atoms with Gasteiger partial charge in [-0.05, 0) is 19.4 Å². The summed E-state index contributed by atoms with van der Waals surface area (Å²) in [6, 6.07) is 4.79. The Kier molecular flexibility index (Phi) is 4.09. The molecule has 20 heavy (non-hydrogen) atoms. The van der Waals surface area contributed by atoms with Crippen molar-refractivity contribution in [2.45, 2.75) is 32.7 Å². The highest BCUT2D eigenvalue weighted by atomic mass is 16.6. The lowest BCUT2D eigenvalue weighted by atomic mass is 10.1. The monoisotopic (exact) mass is 275 g/mol. The molecule has 0 bridgehead atoms. The molecule has 1 aromatic carbocycles. The van der Waals surface area contributed by atoms with Crippen LogP contribution in [0.4, 0.5) is 5.69 Å². The molecule has 2 rings (SSSR count). The molecule has 0 spiro atoms. The van der Waals surface area contributed by atoms with Crippen LogP contribution in [0.25, 0.3) is 5.69 Å². The highest BCUT2D eigenvalue weighted by Gasteiger charge is 2.14. The van der Waals surface area contributed by atoms with Crippen molar-refractivity contribution < 1.29 is 4.92 Å². The second kappa shape index (κ2) is 5.79. The number of hydrogen-bond acceptors (Lipinski definition) is 5. The smallest absolute Gasteiger partial charge is 0.274 e. The normalized spacial score (nSPS) is 12.3. The van der Waals surface area contributed by atoms with Gasteiger partial charge in [-0.15, -0.1) is 5.10 Å². The number of aromatic nitrogens is 3. The van der Waals surface area contributed by atoms with Crippen LogP contribution in [0.2, 0.25) is 0 Å². The topological polar surface area (TPSA) is 99.9 Å². The van der Waals surface area contributed by atoms with Gasteiger partial charge in [0.05, 0.1) is 28.5 Å². The van der Waals surface area contributed by atoms with Gasteiger partial charge in [0, 0.05) is 11.6 Å².